The van der Waals surface area contributed by atoms with E-state index in [9.17, 15) is 14.3 Å². The first-order valence-corrected chi connectivity index (χ1v) is 9.81. The molecule has 1 aliphatic carbocycles. The van der Waals surface area contributed by atoms with E-state index in [0.29, 0.717) is 18.0 Å². The second-order valence-corrected chi connectivity index (χ2v) is 7.57. The number of ketones is 1. The Morgan fingerprint density at radius 1 is 1.07 bits per heavy atom. The van der Waals surface area contributed by atoms with Crippen LogP contribution in [0.2, 0.25) is 0 Å². The Morgan fingerprint density at radius 2 is 1.74 bits per heavy atom. The van der Waals surface area contributed by atoms with Crippen molar-refractivity contribution in [3.05, 3.63) is 71.5 Å². The largest absolute Gasteiger partial charge is 0.395 e. The van der Waals surface area contributed by atoms with E-state index < -0.39 is 0 Å². The van der Waals surface area contributed by atoms with Gasteiger partial charge >= 0.3 is 0 Å². The van der Waals surface area contributed by atoms with Crippen LogP contribution in [0.15, 0.2) is 54.6 Å². The third kappa shape index (κ3) is 5.02. The Hall–Kier alpha value is -2.04. The summed E-state index contributed by atoms with van der Waals surface area (Å²) in [5.41, 5.74) is 1.69. The van der Waals surface area contributed by atoms with Crippen LogP contribution >= 0.6 is 0 Å². The number of rotatable bonds is 8. The monoisotopic (exact) mass is 369 g/mol. The van der Waals surface area contributed by atoms with Gasteiger partial charge < -0.3 is 10.4 Å². The Balaban J connectivity index is 1.41. The fourth-order valence-electron chi connectivity index (χ4n) is 4.04. The number of Topliss-reactive ketones (excluding diaryl/α,β-unsaturated/α-hetero) is 1. The van der Waals surface area contributed by atoms with Crippen LogP contribution in [0.1, 0.15) is 54.4 Å². The van der Waals surface area contributed by atoms with E-state index in [1.807, 2.05) is 18.2 Å². The van der Waals surface area contributed by atoms with Crippen molar-refractivity contribution < 1.29 is 14.3 Å². The van der Waals surface area contributed by atoms with E-state index in [-0.39, 0.29) is 23.6 Å². The predicted molar refractivity (Wildman–Crippen MR) is 105 cm³/mol. The van der Waals surface area contributed by atoms with Gasteiger partial charge in [-0.1, -0.05) is 30.3 Å². The minimum Gasteiger partial charge on any atom is -0.395 e. The van der Waals surface area contributed by atoms with Crippen molar-refractivity contribution in [1.29, 1.82) is 0 Å². The maximum atomic E-state index is 12.9. The summed E-state index contributed by atoms with van der Waals surface area (Å²) >= 11 is 0. The molecule has 1 saturated carbocycles. The maximum absolute atomic E-state index is 12.9. The van der Waals surface area contributed by atoms with E-state index in [4.69, 9.17) is 0 Å². The summed E-state index contributed by atoms with van der Waals surface area (Å²) in [7, 11) is 0. The number of carbonyl (C=O) groups excluding carboxylic acids is 1. The zero-order valence-corrected chi connectivity index (χ0v) is 15.7. The summed E-state index contributed by atoms with van der Waals surface area (Å²) in [5, 5.41) is 13.6. The summed E-state index contributed by atoms with van der Waals surface area (Å²) in [4.78, 5) is 12.1. The van der Waals surface area contributed by atoms with E-state index in [1.54, 1.807) is 12.1 Å². The molecule has 0 radical (unpaired) electrons. The Morgan fingerprint density at radius 3 is 2.37 bits per heavy atom. The lowest BCUT2D eigenvalue weighted by molar-refractivity contribution is 0.0978. The molecular formula is C23H28FNO2. The molecule has 2 aromatic carbocycles. The number of hydrogen-bond donors (Lipinski definition) is 2. The molecule has 0 saturated heterocycles. The van der Waals surface area contributed by atoms with Crippen LogP contribution in [0.5, 0.6) is 0 Å². The van der Waals surface area contributed by atoms with Crippen LogP contribution < -0.4 is 5.32 Å². The quantitative estimate of drug-likeness (QED) is 0.540. The van der Waals surface area contributed by atoms with Gasteiger partial charge in [0.1, 0.15) is 5.82 Å². The SMILES string of the molecule is O=C(CCCNC1CCC(CO)(c2ccccc2)CC1)c1ccc(F)cc1. The minimum atomic E-state index is -0.319. The number of halogens is 1. The lowest BCUT2D eigenvalue weighted by Gasteiger charge is -2.39. The lowest BCUT2D eigenvalue weighted by atomic mass is 9.69. The average Bonchev–Trinajstić information content (AvgIpc) is 2.73. The third-order valence-corrected chi connectivity index (χ3v) is 5.81. The van der Waals surface area contributed by atoms with Crippen LogP contribution in [0.4, 0.5) is 4.39 Å². The van der Waals surface area contributed by atoms with Crippen LogP contribution in [-0.4, -0.2) is 30.1 Å². The zero-order valence-electron chi connectivity index (χ0n) is 15.7. The first kappa shape index (κ1) is 19.7. The number of aliphatic hydroxyl groups excluding tert-OH is 1. The first-order chi connectivity index (χ1) is 13.1. The van der Waals surface area contributed by atoms with E-state index in [2.05, 4.69) is 17.4 Å². The van der Waals surface area contributed by atoms with Gasteiger partial charge in [-0.2, -0.15) is 0 Å². The van der Waals surface area contributed by atoms with E-state index in [1.165, 1.54) is 17.7 Å². The highest BCUT2D eigenvalue weighted by Gasteiger charge is 2.36. The standard InChI is InChI=1S/C23H28FNO2/c24-20-10-8-18(9-11-20)22(27)7-4-16-25-21-12-14-23(17-26,15-13-21)19-5-2-1-3-6-19/h1-3,5-6,8-11,21,25-26H,4,7,12-17H2. The number of aliphatic hydroxyl groups is 1. The number of nitrogens with one attached hydrogen (secondary N) is 1. The van der Waals surface area contributed by atoms with Crippen molar-refractivity contribution in [2.24, 2.45) is 0 Å². The maximum Gasteiger partial charge on any atom is 0.162 e. The molecule has 0 atom stereocenters. The van der Waals surface area contributed by atoms with Gasteiger partial charge in [-0.05, 0) is 68.5 Å². The molecule has 4 heteroatoms. The predicted octanol–water partition coefficient (Wildman–Crippen LogP) is 4.25. The molecule has 2 N–H and O–H groups in total. The van der Waals surface area contributed by atoms with Gasteiger partial charge in [-0.25, -0.2) is 4.39 Å². The molecule has 144 valence electrons. The molecule has 2 aromatic rings. The molecule has 1 aliphatic rings. The summed E-state index contributed by atoms with van der Waals surface area (Å²) in [5.74, 6) is -0.260. The lowest BCUT2D eigenvalue weighted by Crippen LogP contribution is -2.42. The van der Waals surface area contributed by atoms with Crippen LogP contribution in [0.3, 0.4) is 0 Å². The fraction of sp³-hybridized carbons (Fsp3) is 0.435. The highest BCUT2D eigenvalue weighted by atomic mass is 19.1. The molecule has 0 aliphatic heterocycles. The van der Waals surface area contributed by atoms with Gasteiger partial charge in [0.15, 0.2) is 5.78 Å². The molecule has 0 unspecified atom stereocenters. The number of hydrogen-bond acceptors (Lipinski definition) is 3. The molecule has 0 aromatic heterocycles. The molecule has 3 nitrogen and oxygen atoms in total. The summed E-state index contributed by atoms with van der Waals surface area (Å²) in [6.07, 6.45) is 5.24. The molecule has 0 heterocycles. The van der Waals surface area contributed by atoms with Crippen LogP contribution in [0.25, 0.3) is 0 Å². The molecule has 1 fully saturated rings. The molecule has 0 spiro atoms. The summed E-state index contributed by atoms with van der Waals surface area (Å²) in [6.45, 7) is 0.991. The van der Waals surface area contributed by atoms with Crippen molar-refractivity contribution in [3.63, 3.8) is 0 Å². The van der Waals surface area contributed by atoms with Gasteiger partial charge in [-0.3, -0.25) is 4.79 Å². The topological polar surface area (TPSA) is 49.3 Å². The van der Waals surface area contributed by atoms with Gasteiger partial charge in [0.2, 0.25) is 0 Å². The Bertz CT molecular complexity index is 722. The van der Waals surface area contributed by atoms with Crippen molar-refractivity contribution in [1.82, 2.24) is 5.32 Å². The Kier molecular flexibility index (Phi) is 6.75. The van der Waals surface area contributed by atoms with E-state index in [0.717, 1.165) is 38.6 Å². The molecule has 0 amide bonds. The second-order valence-electron chi connectivity index (χ2n) is 7.57. The Labute approximate surface area is 160 Å². The zero-order chi connectivity index (χ0) is 19.1. The van der Waals surface area contributed by atoms with Crippen molar-refractivity contribution in [2.75, 3.05) is 13.2 Å². The smallest absolute Gasteiger partial charge is 0.162 e. The van der Waals surface area contributed by atoms with Gasteiger partial charge in [-0.15, -0.1) is 0 Å². The van der Waals surface area contributed by atoms with E-state index >= 15 is 0 Å². The number of carbonyl (C=O) groups is 1. The third-order valence-electron chi connectivity index (χ3n) is 5.81. The highest BCUT2D eigenvalue weighted by Crippen LogP contribution is 2.39. The van der Waals surface area contributed by atoms with Crippen molar-refractivity contribution >= 4 is 5.78 Å². The molecular weight excluding hydrogens is 341 g/mol. The van der Waals surface area contributed by atoms with Crippen molar-refractivity contribution in [3.8, 4) is 0 Å². The fourth-order valence-corrected chi connectivity index (χ4v) is 4.04. The number of benzene rings is 2. The molecule has 3 rings (SSSR count). The second kappa shape index (κ2) is 9.25. The van der Waals surface area contributed by atoms with Gasteiger partial charge in [0.05, 0.1) is 6.61 Å². The molecule has 27 heavy (non-hydrogen) atoms. The molecule has 0 bridgehead atoms. The summed E-state index contributed by atoms with van der Waals surface area (Å²) < 4.78 is 12.9. The van der Waals surface area contributed by atoms with Crippen LogP contribution in [-0.2, 0) is 5.41 Å². The van der Waals surface area contributed by atoms with Gasteiger partial charge in [0, 0.05) is 23.4 Å². The minimum absolute atomic E-state index is 0.0591. The van der Waals surface area contributed by atoms with Crippen molar-refractivity contribution in [2.45, 2.75) is 50.0 Å². The average molecular weight is 369 g/mol. The van der Waals surface area contributed by atoms with Crippen LogP contribution in [0, 0.1) is 5.82 Å². The normalized spacial score (nSPS) is 22.5. The first-order valence-electron chi connectivity index (χ1n) is 9.81. The highest BCUT2D eigenvalue weighted by molar-refractivity contribution is 5.95. The van der Waals surface area contributed by atoms with Gasteiger partial charge in [0.25, 0.3) is 0 Å². The summed E-state index contributed by atoms with van der Waals surface area (Å²) in [6, 6.07) is 16.5.